The predicted octanol–water partition coefficient (Wildman–Crippen LogP) is 4.79. The number of aliphatic hydroxyl groups is 1. The van der Waals surface area contributed by atoms with Gasteiger partial charge in [0.05, 0.1) is 16.7 Å². The molecule has 0 saturated carbocycles. The molecule has 0 aliphatic carbocycles. The minimum Gasteiger partial charge on any atom is -0.372 e. The van der Waals surface area contributed by atoms with Gasteiger partial charge in [0.2, 0.25) is 5.91 Å². The number of carbonyl (C=O) groups excluding carboxylic acids is 2. The van der Waals surface area contributed by atoms with Gasteiger partial charge >= 0.3 is 0 Å². The first-order chi connectivity index (χ1) is 19.4. The number of hydrogen-bond donors (Lipinski definition) is 3. The molecule has 4 aromatic carbocycles. The van der Waals surface area contributed by atoms with E-state index in [4.69, 9.17) is 11.6 Å². The van der Waals surface area contributed by atoms with Gasteiger partial charge in [0.25, 0.3) is 11.5 Å². The van der Waals surface area contributed by atoms with Crippen LogP contribution in [-0.4, -0.2) is 32.3 Å². The van der Waals surface area contributed by atoms with Crippen molar-refractivity contribution in [3.8, 4) is 0 Å². The van der Waals surface area contributed by atoms with Crippen LogP contribution in [-0.2, 0) is 15.2 Å². The topological polar surface area (TPSA) is 113 Å². The number of benzene rings is 4. The minimum atomic E-state index is -2.13. The molecule has 2 amide bonds. The van der Waals surface area contributed by atoms with E-state index in [-0.39, 0.29) is 22.2 Å². The van der Waals surface area contributed by atoms with Crippen molar-refractivity contribution < 1.29 is 14.7 Å². The van der Waals surface area contributed by atoms with E-state index in [1.165, 1.54) is 0 Å². The Kier molecular flexibility index (Phi) is 7.97. The van der Waals surface area contributed by atoms with E-state index < -0.39 is 17.1 Å². The molecule has 8 nitrogen and oxygen atoms in total. The summed E-state index contributed by atoms with van der Waals surface area (Å²) in [5.74, 6) is -1.35. The molecule has 3 N–H and O–H groups in total. The molecule has 0 atom stereocenters. The molecule has 0 unspecified atom stereocenters. The van der Waals surface area contributed by atoms with Crippen molar-refractivity contribution in [1.29, 1.82) is 0 Å². The zero-order valence-electron chi connectivity index (χ0n) is 21.0. The molecule has 200 valence electrons. The molecule has 0 aliphatic rings. The van der Waals surface area contributed by atoms with Crippen LogP contribution in [0.1, 0.15) is 11.1 Å². The van der Waals surface area contributed by atoms with Crippen molar-refractivity contribution in [1.82, 2.24) is 9.66 Å². The average molecular weight is 571 g/mol. The minimum absolute atomic E-state index is 0.0711. The number of aromatic nitrogens is 2. The molecule has 1 aromatic heterocycles. The summed E-state index contributed by atoms with van der Waals surface area (Å²) in [4.78, 5) is 44.6. The van der Waals surface area contributed by atoms with Gasteiger partial charge in [-0.1, -0.05) is 102 Å². The lowest BCUT2D eigenvalue weighted by Gasteiger charge is -2.28. The van der Waals surface area contributed by atoms with Crippen LogP contribution in [0.15, 0.2) is 119 Å². The van der Waals surface area contributed by atoms with E-state index in [9.17, 15) is 19.5 Å². The predicted molar refractivity (Wildman–Crippen MR) is 157 cm³/mol. The number of fused-ring (bicyclic) bond motifs is 1. The van der Waals surface area contributed by atoms with Crippen LogP contribution in [0, 0.1) is 0 Å². The molecular formula is C30H23ClN4O4S. The summed E-state index contributed by atoms with van der Waals surface area (Å²) < 4.78 is 0.971. The second-order valence-electron chi connectivity index (χ2n) is 8.78. The van der Waals surface area contributed by atoms with E-state index in [1.54, 1.807) is 109 Å². The molecule has 10 heteroatoms. The smallest absolute Gasteiger partial charge is 0.281 e. The van der Waals surface area contributed by atoms with Crippen LogP contribution < -0.4 is 16.3 Å². The van der Waals surface area contributed by atoms with Gasteiger partial charge in [-0.15, -0.1) is 0 Å². The van der Waals surface area contributed by atoms with Crippen molar-refractivity contribution in [2.75, 3.05) is 16.5 Å². The normalized spacial score (nSPS) is 11.2. The first-order valence-corrected chi connectivity index (χ1v) is 13.6. The number of amides is 2. The lowest BCUT2D eigenvalue weighted by atomic mass is 9.85. The van der Waals surface area contributed by atoms with Gasteiger partial charge in [0.1, 0.15) is 0 Å². The summed E-state index contributed by atoms with van der Waals surface area (Å²) in [5.41, 5.74) is 1.44. The Balaban J connectivity index is 1.50. The fraction of sp³-hybridized carbons (Fsp3) is 0.0667. The lowest BCUT2D eigenvalue weighted by molar-refractivity contribution is -0.132. The van der Waals surface area contributed by atoms with Crippen LogP contribution in [0.5, 0.6) is 0 Å². The Hall–Kier alpha value is -4.44. The van der Waals surface area contributed by atoms with Gasteiger partial charge in [-0.3, -0.25) is 19.8 Å². The quantitative estimate of drug-likeness (QED) is 0.183. The number of anilines is 1. The molecule has 0 fully saturated rings. The van der Waals surface area contributed by atoms with E-state index in [2.05, 4.69) is 15.7 Å². The standard InChI is InChI=1S/C30H23ClN4O4S/c31-22-14-9-15-23(18-22)32-26(36)19-40-29-33-25-17-8-7-16-24(25)27(37)35(29)34-28(38)30(39,20-10-3-1-4-11-20)21-12-5-2-6-13-21/h1-18,39H,19H2,(H,32,36)(H,34,38). The van der Waals surface area contributed by atoms with Crippen molar-refractivity contribution in [2.24, 2.45) is 0 Å². The van der Waals surface area contributed by atoms with Gasteiger partial charge in [0, 0.05) is 10.7 Å². The van der Waals surface area contributed by atoms with Crippen LogP contribution in [0.3, 0.4) is 0 Å². The summed E-state index contributed by atoms with van der Waals surface area (Å²) in [5, 5.41) is 15.4. The number of nitrogens with zero attached hydrogens (tertiary/aromatic N) is 2. The number of nitrogens with one attached hydrogen (secondary N) is 2. The molecule has 5 aromatic rings. The van der Waals surface area contributed by atoms with Crippen molar-refractivity contribution in [2.45, 2.75) is 10.8 Å². The van der Waals surface area contributed by atoms with E-state index in [0.29, 0.717) is 27.4 Å². The monoisotopic (exact) mass is 570 g/mol. The zero-order chi connectivity index (χ0) is 28.1. The van der Waals surface area contributed by atoms with E-state index in [1.807, 2.05) is 0 Å². The van der Waals surface area contributed by atoms with Crippen LogP contribution in [0.2, 0.25) is 5.02 Å². The summed E-state index contributed by atoms with van der Waals surface area (Å²) in [6.07, 6.45) is 0. The van der Waals surface area contributed by atoms with Crippen LogP contribution >= 0.6 is 23.4 Å². The SMILES string of the molecule is O=C(CSc1nc2ccccc2c(=O)n1NC(=O)C(O)(c1ccccc1)c1ccccc1)Nc1cccc(Cl)c1. The summed E-state index contributed by atoms with van der Waals surface area (Å²) >= 11 is 6.97. The maximum absolute atomic E-state index is 13.8. The average Bonchev–Trinajstić information content (AvgIpc) is 2.98. The molecule has 0 aliphatic heterocycles. The summed E-state index contributed by atoms with van der Waals surface area (Å²) in [6, 6.07) is 30.3. The highest BCUT2D eigenvalue weighted by Gasteiger charge is 2.40. The number of para-hydroxylation sites is 1. The number of thioether (sulfide) groups is 1. The Bertz CT molecular complexity index is 1710. The molecule has 0 spiro atoms. The second kappa shape index (κ2) is 11.7. The summed E-state index contributed by atoms with van der Waals surface area (Å²) in [6.45, 7) is 0. The van der Waals surface area contributed by atoms with Crippen LogP contribution in [0.4, 0.5) is 5.69 Å². The molecule has 0 radical (unpaired) electrons. The zero-order valence-corrected chi connectivity index (χ0v) is 22.5. The van der Waals surface area contributed by atoms with Gasteiger partial charge < -0.3 is 10.4 Å². The maximum Gasteiger partial charge on any atom is 0.281 e. The number of carbonyl (C=O) groups is 2. The van der Waals surface area contributed by atoms with Crippen molar-refractivity contribution >= 4 is 51.8 Å². The van der Waals surface area contributed by atoms with Gasteiger partial charge in [-0.25, -0.2) is 4.98 Å². The van der Waals surface area contributed by atoms with Gasteiger partial charge in [-0.05, 0) is 41.5 Å². The molecule has 5 rings (SSSR count). The number of halogens is 1. The fourth-order valence-corrected chi connectivity index (χ4v) is 5.11. The Morgan fingerprint density at radius 3 is 2.15 bits per heavy atom. The molecular weight excluding hydrogens is 548 g/mol. The highest BCUT2D eigenvalue weighted by atomic mass is 35.5. The highest BCUT2D eigenvalue weighted by Crippen LogP contribution is 2.30. The Labute approximate surface area is 238 Å². The third-order valence-electron chi connectivity index (χ3n) is 6.11. The third kappa shape index (κ3) is 5.62. The Morgan fingerprint density at radius 2 is 1.50 bits per heavy atom. The third-order valence-corrected chi connectivity index (χ3v) is 7.28. The lowest BCUT2D eigenvalue weighted by Crippen LogP contribution is -2.47. The Morgan fingerprint density at radius 1 is 0.875 bits per heavy atom. The molecule has 1 heterocycles. The highest BCUT2D eigenvalue weighted by molar-refractivity contribution is 7.99. The fourth-order valence-electron chi connectivity index (χ4n) is 4.17. The largest absolute Gasteiger partial charge is 0.372 e. The maximum atomic E-state index is 13.8. The van der Waals surface area contributed by atoms with Crippen molar-refractivity contribution in [3.05, 3.63) is 136 Å². The van der Waals surface area contributed by atoms with Crippen molar-refractivity contribution in [3.63, 3.8) is 0 Å². The van der Waals surface area contributed by atoms with Crippen LogP contribution in [0.25, 0.3) is 10.9 Å². The second-order valence-corrected chi connectivity index (χ2v) is 10.2. The van der Waals surface area contributed by atoms with E-state index in [0.717, 1.165) is 16.4 Å². The molecule has 0 bridgehead atoms. The molecule has 40 heavy (non-hydrogen) atoms. The molecule has 0 saturated heterocycles. The first-order valence-electron chi connectivity index (χ1n) is 12.2. The van der Waals surface area contributed by atoms with Gasteiger partial charge in [0.15, 0.2) is 10.8 Å². The number of rotatable bonds is 8. The number of hydrogen-bond acceptors (Lipinski definition) is 6. The first kappa shape index (κ1) is 27.1. The van der Waals surface area contributed by atoms with Gasteiger partial charge in [-0.2, -0.15) is 4.68 Å². The summed E-state index contributed by atoms with van der Waals surface area (Å²) in [7, 11) is 0. The van der Waals surface area contributed by atoms with E-state index >= 15 is 0 Å².